The first kappa shape index (κ1) is 17.5. The first-order valence-corrected chi connectivity index (χ1v) is 6.97. The molecule has 2 rings (SSSR count). The minimum atomic E-state index is -0.347. The lowest BCUT2D eigenvalue weighted by atomic mass is 10.2. The molecule has 6 heteroatoms. The van der Waals surface area contributed by atoms with Gasteiger partial charge in [0.1, 0.15) is 6.04 Å². The molecule has 0 saturated carbocycles. The summed E-state index contributed by atoms with van der Waals surface area (Å²) < 4.78 is 0. The summed E-state index contributed by atoms with van der Waals surface area (Å²) in [5.41, 5.74) is 6.30. The molecule has 2 amide bonds. The maximum atomic E-state index is 12.4. The van der Waals surface area contributed by atoms with Gasteiger partial charge >= 0.3 is 0 Å². The van der Waals surface area contributed by atoms with Crippen molar-refractivity contribution in [3.63, 3.8) is 0 Å². The van der Waals surface area contributed by atoms with Crippen molar-refractivity contribution in [3.8, 4) is 0 Å². The minimum Gasteiger partial charge on any atom is -0.334 e. The predicted molar refractivity (Wildman–Crippen MR) is 85.5 cm³/mol. The Labute approximate surface area is 131 Å². The molecule has 1 atom stereocenters. The number of likely N-dealkylation sites (N-methyl/N-ethyl adjacent to an activating group) is 1. The zero-order valence-electron chi connectivity index (χ0n) is 12.2. The van der Waals surface area contributed by atoms with Crippen molar-refractivity contribution in [1.29, 1.82) is 0 Å². The molecule has 1 aromatic rings. The standard InChI is InChI=1S/C15H21N3O2.ClH/c1-17(14(19)8-5-10-16)13-9-11-18(15(13)20)12-6-3-2-4-7-12;/h2-4,6-7,13H,5,8-11,16H2,1H3;1H. The Balaban J connectivity index is 0.00000220. The van der Waals surface area contributed by atoms with Crippen molar-refractivity contribution in [3.05, 3.63) is 30.3 Å². The van der Waals surface area contributed by atoms with E-state index in [1.165, 1.54) is 0 Å². The highest BCUT2D eigenvalue weighted by atomic mass is 35.5. The van der Waals surface area contributed by atoms with Crippen LogP contribution in [0, 0.1) is 0 Å². The van der Waals surface area contributed by atoms with E-state index >= 15 is 0 Å². The smallest absolute Gasteiger partial charge is 0.249 e. The average molecular weight is 312 g/mol. The highest BCUT2D eigenvalue weighted by Gasteiger charge is 2.36. The van der Waals surface area contributed by atoms with Crippen molar-refractivity contribution in [2.24, 2.45) is 5.73 Å². The summed E-state index contributed by atoms with van der Waals surface area (Å²) in [5.74, 6) is -0.0106. The molecule has 2 N–H and O–H groups in total. The number of hydrogen-bond acceptors (Lipinski definition) is 3. The molecule has 1 aromatic carbocycles. The number of rotatable bonds is 5. The first-order chi connectivity index (χ1) is 9.65. The summed E-state index contributed by atoms with van der Waals surface area (Å²) in [6.07, 6.45) is 1.74. The largest absolute Gasteiger partial charge is 0.334 e. The third-order valence-corrected chi connectivity index (χ3v) is 3.70. The van der Waals surface area contributed by atoms with Gasteiger partial charge in [0, 0.05) is 25.7 Å². The van der Waals surface area contributed by atoms with Gasteiger partial charge < -0.3 is 15.5 Å². The van der Waals surface area contributed by atoms with Crippen LogP contribution in [0.2, 0.25) is 0 Å². The van der Waals surface area contributed by atoms with E-state index in [2.05, 4.69) is 0 Å². The van der Waals surface area contributed by atoms with E-state index in [4.69, 9.17) is 5.73 Å². The number of anilines is 1. The van der Waals surface area contributed by atoms with Crippen LogP contribution in [-0.4, -0.2) is 42.9 Å². The van der Waals surface area contributed by atoms with Crippen molar-refractivity contribution < 1.29 is 9.59 Å². The molecule has 116 valence electrons. The fourth-order valence-corrected chi connectivity index (χ4v) is 2.49. The van der Waals surface area contributed by atoms with Crippen LogP contribution < -0.4 is 10.6 Å². The van der Waals surface area contributed by atoms with E-state index < -0.39 is 0 Å². The van der Waals surface area contributed by atoms with Crippen LogP contribution in [0.15, 0.2) is 30.3 Å². The Bertz CT molecular complexity index is 481. The number of benzene rings is 1. The number of carbonyl (C=O) groups excluding carboxylic acids is 2. The molecule has 1 aliphatic rings. The van der Waals surface area contributed by atoms with Gasteiger partial charge in [0.15, 0.2) is 0 Å². The van der Waals surface area contributed by atoms with Crippen LogP contribution in [-0.2, 0) is 9.59 Å². The molecule has 0 bridgehead atoms. The van der Waals surface area contributed by atoms with Gasteiger partial charge in [0.25, 0.3) is 0 Å². The Morgan fingerprint density at radius 2 is 2.05 bits per heavy atom. The molecule has 0 aromatic heterocycles. The maximum absolute atomic E-state index is 12.4. The summed E-state index contributed by atoms with van der Waals surface area (Å²) in [6, 6.07) is 9.22. The maximum Gasteiger partial charge on any atom is 0.249 e. The van der Waals surface area contributed by atoms with Gasteiger partial charge in [-0.3, -0.25) is 9.59 Å². The number of para-hydroxylation sites is 1. The van der Waals surface area contributed by atoms with Gasteiger partial charge in [-0.05, 0) is 31.5 Å². The molecule has 1 heterocycles. The fourth-order valence-electron chi connectivity index (χ4n) is 2.49. The second-order valence-corrected chi connectivity index (χ2v) is 5.03. The molecule has 1 aliphatic heterocycles. The van der Waals surface area contributed by atoms with Gasteiger partial charge in [-0.15, -0.1) is 12.4 Å². The van der Waals surface area contributed by atoms with Crippen LogP contribution in [0.3, 0.4) is 0 Å². The fraction of sp³-hybridized carbons (Fsp3) is 0.467. The molecular formula is C15H22ClN3O2. The van der Waals surface area contributed by atoms with Crippen LogP contribution >= 0.6 is 12.4 Å². The summed E-state index contributed by atoms with van der Waals surface area (Å²) in [4.78, 5) is 27.7. The number of halogens is 1. The lowest BCUT2D eigenvalue weighted by Gasteiger charge is -2.24. The Morgan fingerprint density at radius 3 is 2.67 bits per heavy atom. The molecule has 0 radical (unpaired) electrons. The summed E-state index contributed by atoms with van der Waals surface area (Å²) in [5, 5.41) is 0. The van der Waals surface area contributed by atoms with Gasteiger partial charge in [0.05, 0.1) is 0 Å². The highest BCUT2D eigenvalue weighted by molar-refractivity contribution is 6.01. The van der Waals surface area contributed by atoms with E-state index in [1.54, 1.807) is 16.8 Å². The van der Waals surface area contributed by atoms with Crippen molar-refractivity contribution in [2.75, 3.05) is 25.0 Å². The predicted octanol–water partition coefficient (Wildman–Crippen LogP) is 1.41. The molecule has 5 nitrogen and oxygen atoms in total. The topological polar surface area (TPSA) is 66.6 Å². The van der Waals surface area contributed by atoms with Crippen LogP contribution in [0.5, 0.6) is 0 Å². The van der Waals surface area contributed by atoms with Crippen LogP contribution in [0.1, 0.15) is 19.3 Å². The Kier molecular flexibility index (Phi) is 6.65. The minimum absolute atomic E-state index is 0. The van der Waals surface area contributed by atoms with E-state index in [-0.39, 0.29) is 30.3 Å². The molecule has 1 saturated heterocycles. The quantitative estimate of drug-likeness (QED) is 0.894. The zero-order valence-corrected chi connectivity index (χ0v) is 13.0. The SMILES string of the molecule is CN(C(=O)CCCN)C1CCN(c2ccccc2)C1=O.Cl. The van der Waals surface area contributed by atoms with Crippen molar-refractivity contribution in [1.82, 2.24) is 4.90 Å². The van der Waals surface area contributed by atoms with Gasteiger partial charge in [-0.2, -0.15) is 0 Å². The monoisotopic (exact) mass is 311 g/mol. The third-order valence-electron chi connectivity index (χ3n) is 3.70. The molecular weight excluding hydrogens is 290 g/mol. The number of hydrogen-bond donors (Lipinski definition) is 1. The highest BCUT2D eigenvalue weighted by Crippen LogP contribution is 2.23. The summed E-state index contributed by atoms with van der Waals surface area (Å²) >= 11 is 0. The normalized spacial score (nSPS) is 17.5. The number of carbonyl (C=O) groups is 2. The Morgan fingerprint density at radius 1 is 1.38 bits per heavy atom. The molecule has 1 unspecified atom stereocenters. The number of nitrogens with zero attached hydrogens (tertiary/aromatic N) is 2. The van der Waals surface area contributed by atoms with E-state index in [9.17, 15) is 9.59 Å². The lowest BCUT2D eigenvalue weighted by molar-refractivity contribution is -0.136. The number of amides is 2. The van der Waals surface area contributed by atoms with Crippen molar-refractivity contribution in [2.45, 2.75) is 25.3 Å². The molecule has 21 heavy (non-hydrogen) atoms. The van der Waals surface area contributed by atoms with Gasteiger partial charge in [-0.1, -0.05) is 18.2 Å². The van der Waals surface area contributed by atoms with E-state index in [1.807, 2.05) is 30.3 Å². The molecule has 0 spiro atoms. The third kappa shape index (κ3) is 3.95. The second-order valence-electron chi connectivity index (χ2n) is 5.03. The summed E-state index contributed by atoms with van der Waals surface area (Å²) in [7, 11) is 1.70. The van der Waals surface area contributed by atoms with Gasteiger partial charge in [0.2, 0.25) is 11.8 Å². The number of nitrogens with two attached hydrogens (primary N) is 1. The average Bonchev–Trinajstić information content (AvgIpc) is 2.86. The zero-order chi connectivity index (χ0) is 14.5. The lowest BCUT2D eigenvalue weighted by Crippen LogP contribution is -2.43. The van der Waals surface area contributed by atoms with E-state index in [0.717, 1.165) is 5.69 Å². The molecule has 1 fully saturated rings. The first-order valence-electron chi connectivity index (χ1n) is 6.97. The molecule has 0 aliphatic carbocycles. The van der Waals surface area contributed by atoms with Crippen LogP contribution in [0.4, 0.5) is 5.69 Å². The summed E-state index contributed by atoms with van der Waals surface area (Å²) in [6.45, 7) is 1.15. The second kappa shape index (κ2) is 8.00. The van der Waals surface area contributed by atoms with Crippen LogP contribution in [0.25, 0.3) is 0 Å². The van der Waals surface area contributed by atoms with E-state index in [0.29, 0.717) is 32.4 Å². The van der Waals surface area contributed by atoms with Crippen molar-refractivity contribution >= 4 is 29.9 Å². The van der Waals surface area contributed by atoms with Gasteiger partial charge in [-0.25, -0.2) is 0 Å². The Hall–Kier alpha value is -1.59.